The van der Waals surface area contributed by atoms with Gasteiger partial charge in [0.15, 0.2) is 0 Å². The number of nitrogens with zero attached hydrogens (tertiary/aromatic N) is 2. The van der Waals surface area contributed by atoms with Crippen LogP contribution in [0.25, 0.3) is 0 Å². The predicted molar refractivity (Wildman–Crippen MR) is 145 cm³/mol. The van der Waals surface area contributed by atoms with Gasteiger partial charge in [0.1, 0.15) is 12.6 Å². The van der Waals surface area contributed by atoms with Crippen LogP contribution in [0.2, 0.25) is 5.02 Å². The maximum absolute atomic E-state index is 13.7. The number of aryl methyl sites for hydroxylation is 2. The van der Waals surface area contributed by atoms with Crippen molar-refractivity contribution in [3.63, 3.8) is 0 Å². The second kappa shape index (κ2) is 12.1. The van der Waals surface area contributed by atoms with Gasteiger partial charge in [-0.2, -0.15) is 0 Å². The maximum Gasteiger partial charge on any atom is 0.244 e. The zero-order chi connectivity index (χ0) is 26.5. The summed E-state index contributed by atoms with van der Waals surface area (Å²) in [6, 6.07) is 11.9. The highest BCUT2D eigenvalue weighted by Gasteiger charge is 2.32. The highest BCUT2D eigenvalue weighted by Crippen LogP contribution is 2.25. The average Bonchev–Trinajstić information content (AvgIpc) is 2.83. The molecule has 1 saturated carbocycles. The van der Waals surface area contributed by atoms with Crippen molar-refractivity contribution in [1.82, 2.24) is 10.2 Å². The van der Waals surface area contributed by atoms with Crippen molar-refractivity contribution < 1.29 is 18.0 Å². The lowest BCUT2D eigenvalue weighted by molar-refractivity contribution is -0.139. The van der Waals surface area contributed by atoms with Gasteiger partial charge in [0.05, 0.1) is 11.9 Å². The third-order valence-corrected chi connectivity index (χ3v) is 8.23. The Balaban J connectivity index is 1.91. The summed E-state index contributed by atoms with van der Waals surface area (Å²) in [7, 11) is -3.78. The Morgan fingerprint density at radius 3 is 2.39 bits per heavy atom. The van der Waals surface area contributed by atoms with Gasteiger partial charge in [-0.05, 0) is 62.4 Å². The Labute approximate surface area is 219 Å². The highest BCUT2D eigenvalue weighted by atomic mass is 35.5. The predicted octanol–water partition coefficient (Wildman–Crippen LogP) is 4.59. The Morgan fingerprint density at radius 1 is 1.08 bits per heavy atom. The smallest absolute Gasteiger partial charge is 0.244 e. The number of halogens is 1. The van der Waals surface area contributed by atoms with Crippen molar-refractivity contribution in [2.45, 2.75) is 71.5 Å². The monoisotopic (exact) mass is 533 g/mol. The van der Waals surface area contributed by atoms with E-state index in [1.165, 1.54) is 11.3 Å². The molecule has 1 aliphatic rings. The molecule has 3 rings (SSSR count). The number of benzene rings is 2. The van der Waals surface area contributed by atoms with Crippen LogP contribution in [0.15, 0.2) is 42.5 Å². The van der Waals surface area contributed by atoms with Gasteiger partial charge in [-0.15, -0.1) is 0 Å². The molecule has 1 atom stereocenters. The van der Waals surface area contributed by atoms with Crippen molar-refractivity contribution in [2.75, 3.05) is 17.1 Å². The molecular formula is C27H36ClN3O4S. The Morgan fingerprint density at radius 2 is 1.75 bits per heavy atom. The van der Waals surface area contributed by atoms with Gasteiger partial charge >= 0.3 is 0 Å². The summed E-state index contributed by atoms with van der Waals surface area (Å²) < 4.78 is 26.7. The second-order valence-electron chi connectivity index (χ2n) is 9.69. The SMILES string of the molecule is Cc1ccc(C)c(N(CC(=O)N(Cc2ccccc2Cl)C(C)C(=O)NC2CCCCC2)S(C)(=O)=O)c1. The van der Waals surface area contributed by atoms with Crippen LogP contribution in [0, 0.1) is 13.8 Å². The van der Waals surface area contributed by atoms with Crippen LogP contribution in [0.4, 0.5) is 5.69 Å². The van der Waals surface area contributed by atoms with Crippen LogP contribution in [0.3, 0.4) is 0 Å². The van der Waals surface area contributed by atoms with E-state index in [2.05, 4.69) is 5.32 Å². The largest absolute Gasteiger partial charge is 0.352 e. The summed E-state index contributed by atoms with van der Waals surface area (Å²) in [6.07, 6.45) is 6.23. The third kappa shape index (κ3) is 7.23. The number of amides is 2. The van der Waals surface area contributed by atoms with E-state index in [1.54, 1.807) is 38.1 Å². The zero-order valence-electron chi connectivity index (χ0n) is 21.5. The van der Waals surface area contributed by atoms with Crippen molar-refractivity contribution in [3.8, 4) is 0 Å². The van der Waals surface area contributed by atoms with Gasteiger partial charge in [-0.25, -0.2) is 8.42 Å². The molecular weight excluding hydrogens is 498 g/mol. The van der Waals surface area contributed by atoms with Crippen LogP contribution in [0.1, 0.15) is 55.7 Å². The van der Waals surface area contributed by atoms with Gasteiger partial charge in [-0.3, -0.25) is 13.9 Å². The fraction of sp³-hybridized carbons (Fsp3) is 0.481. The first kappa shape index (κ1) is 28.0. The number of nitrogens with one attached hydrogen (secondary N) is 1. The Bertz CT molecular complexity index is 1200. The van der Waals surface area contributed by atoms with E-state index in [4.69, 9.17) is 11.6 Å². The maximum atomic E-state index is 13.7. The molecule has 2 aromatic rings. The molecule has 1 fully saturated rings. The van der Waals surface area contributed by atoms with Gasteiger partial charge in [0.2, 0.25) is 21.8 Å². The minimum absolute atomic E-state index is 0.0855. The molecule has 0 aliphatic heterocycles. The van der Waals surface area contributed by atoms with E-state index in [0.29, 0.717) is 16.3 Å². The molecule has 0 saturated heterocycles. The Hall–Kier alpha value is -2.58. The quantitative estimate of drug-likeness (QED) is 0.511. The van der Waals surface area contributed by atoms with Crippen molar-refractivity contribution in [1.29, 1.82) is 0 Å². The first-order valence-electron chi connectivity index (χ1n) is 12.4. The number of anilines is 1. The van der Waals surface area contributed by atoms with E-state index in [1.807, 2.05) is 25.1 Å². The van der Waals surface area contributed by atoms with E-state index in [0.717, 1.165) is 47.4 Å². The molecule has 0 aromatic heterocycles. The first-order valence-corrected chi connectivity index (χ1v) is 14.6. The fourth-order valence-corrected chi connectivity index (χ4v) is 5.64. The highest BCUT2D eigenvalue weighted by molar-refractivity contribution is 7.92. The molecule has 196 valence electrons. The number of rotatable bonds is 9. The number of hydrogen-bond donors (Lipinski definition) is 1. The molecule has 0 radical (unpaired) electrons. The van der Waals surface area contributed by atoms with Crippen LogP contribution < -0.4 is 9.62 Å². The summed E-state index contributed by atoms with van der Waals surface area (Å²) in [6.45, 7) is 5.01. The summed E-state index contributed by atoms with van der Waals surface area (Å²) >= 11 is 6.38. The summed E-state index contributed by atoms with van der Waals surface area (Å²) in [5.74, 6) is -0.729. The second-order valence-corrected chi connectivity index (χ2v) is 12.0. The normalized spacial score (nSPS) is 15.2. The molecule has 2 amide bonds. The third-order valence-electron chi connectivity index (χ3n) is 6.73. The van der Waals surface area contributed by atoms with Gasteiger partial charge in [0.25, 0.3) is 0 Å². The molecule has 0 spiro atoms. The minimum atomic E-state index is -3.78. The van der Waals surface area contributed by atoms with Crippen LogP contribution >= 0.6 is 11.6 Å². The number of sulfonamides is 1. The molecule has 1 N–H and O–H groups in total. The number of hydrogen-bond acceptors (Lipinski definition) is 4. The number of carbonyl (C=O) groups excluding carboxylic acids is 2. The summed E-state index contributed by atoms with van der Waals surface area (Å²) in [5, 5.41) is 3.57. The average molecular weight is 534 g/mol. The lowest BCUT2D eigenvalue weighted by Gasteiger charge is -2.33. The van der Waals surface area contributed by atoms with Crippen LogP contribution in [0.5, 0.6) is 0 Å². The van der Waals surface area contributed by atoms with Gasteiger partial charge in [0, 0.05) is 17.6 Å². The molecule has 0 bridgehead atoms. The Kier molecular flexibility index (Phi) is 9.41. The fourth-order valence-electron chi connectivity index (χ4n) is 4.54. The lowest BCUT2D eigenvalue weighted by atomic mass is 9.95. The van der Waals surface area contributed by atoms with Crippen molar-refractivity contribution in [2.24, 2.45) is 0 Å². The van der Waals surface area contributed by atoms with E-state index in [-0.39, 0.29) is 18.5 Å². The van der Waals surface area contributed by atoms with Gasteiger partial charge in [-0.1, -0.05) is 61.2 Å². The number of carbonyl (C=O) groups is 2. The summed E-state index contributed by atoms with van der Waals surface area (Å²) in [5.41, 5.74) is 2.75. The van der Waals surface area contributed by atoms with Crippen LogP contribution in [-0.4, -0.2) is 50.0 Å². The van der Waals surface area contributed by atoms with Crippen molar-refractivity contribution >= 4 is 39.1 Å². The molecule has 1 aliphatic carbocycles. The molecule has 1 unspecified atom stereocenters. The van der Waals surface area contributed by atoms with Gasteiger partial charge < -0.3 is 10.2 Å². The zero-order valence-corrected chi connectivity index (χ0v) is 23.0. The lowest BCUT2D eigenvalue weighted by Crippen LogP contribution is -2.53. The minimum Gasteiger partial charge on any atom is -0.352 e. The van der Waals surface area contributed by atoms with E-state index < -0.39 is 28.5 Å². The van der Waals surface area contributed by atoms with Crippen LogP contribution in [-0.2, 0) is 26.2 Å². The molecule has 9 heteroatoms. The molecule has 0 heterocycles. The molecule has 2 aromatic carbocycles. The molecule has 36 heavy (non-hydrogen) atoms. The standard InChI is InChI=1S/C27H36ClN3O4S/c1-19-14-15-20(2)25(16-19)31(36(4,34)35)18-26(32)30(17-22-10-8-9-13-24(22)28)21(3)27(33)29-23-11-6-5-7-12-23/h8-10,13-16,21,23H,5-7,11-12,17-18H2,1-4H3,(H,29,33). The van der Waals surface area contributed by atoms with E-state index in [9.17, 15) is 18.0 Å². The summed E-state index contributed by atoms with van der Waals surface area (Å²) in [4.78, 5) is 28.4. The van der Waals surface area contributed by atoms with Crippen molar-refractivity contribution in [3.05, 3.63) is 64.2 Å². The topological polar surface area (TPSA) is 86.8 Å². The first-order chi connectivity index (χ1) is 17.0. The van der Waals surface area contributed by atoms with E-state index >= 15 is 0 Å². The molecule has 7 nitrogen and oxygen atoms in total.